The third kappa shape index (κ3) is 1.97. The number of hydrogen-bond donors (Lipinski definition) is 1. The first kappa shape index (κ1) is 12.7. The predicted octanol–water partition coefficient (Wildman–Crippen LogP) is 1.67. The molecule has 0 aromatic carbocycles. The summed E-state index contributed by atoms with van der Waals surface area (Å²) >= 11 is 3.04. The lowest BCUT2D eigenvalue weighted by Crippen LogP contribution is -2.57. The van der Waals surface area contributed by atoms with Crippen molar-refractivity contribution in [2.45, 2.75) is 29.5 Å². The number of hydrogen-bond acceptors (Lipinski definition) is 5. The van der Waals surface area contributed by atoms with E-state index < -0.39 is 16.8 Å². The van der Waals surface area contributed by atoms with Gasteiger partial charge in [0.25, 0.3) is 0 Å². The summed E-state index contributed by atoms with van der Waals surface area (Å²) in [5.41, 5.74) is 0. The monoisotopic (exact) mass is 296 g/mol. The van der Waals surface area contributed by atoms with Crippen LogP contribution in [0, 0.1) is 0 Å². The molecule has 19 heavy (non-hydrogen) atoms. The van der Waals surface area contributed by atoms with Gasteiger partial charge in [-0.1, -0.05) is 6.08 Å². The van der Waals surface area contributed by atoms with E-state index in [2.05, 4.69) is 4.98 Å². The van der Waals surface area contributed by atoms with Crippen LogP contribution in [-0.4, -0.2) is 43.0 Å². The standard InChI is InChI=1S/C12H12N2O3S2/c1-12(3-2-7-13-4-5-18-7)10(11(16)17)14-8(15)6-9(14)19-12/h2-5,9-10H,6H2,1H3,(H,16,17)/t9-,10+,12+/m1/s1. The molecule has 0 bridgehead atoms. The van der Waals surface area contributed by atoms with Crippen LogP contribution in [0.2, 0.25) is 0 Å². The lowest BCUT2D eigenvalue weighted by Gasteiger charge is -2.36. The first-order valence-corrected chi connectivity index (χ1v) is 7.58. The number of β-lactam (4-membered cyclic amide) rings is 1. The molecule has 1 aromatic rings. The molecular weight excluding hydrogens is 284 g/mol. The SMILES string of the molecule is C[C@@]1(C=Cc2nccs2)S[C@@H]2CC(=O)N2[C@H]1C(=O)O. The van der Waals surface area contributed by atoms with Gasteiger partial charge >= 0.3 is 5.97 Å². The van der Waals surface area contributed by atoms with E-state index >= 15 is 0 Å². The number of carboxylic acid groups (broad SMARTS) is 1. The molecule has 2 aliphatic rings. The number of thioether (sulfide) groups is 1. The van der Waals surface area contributed by atoms with Gasteiger partial charge in [-0.05, 0) is 13.0 Å². The molecule has 100 valence electrons. The van der Waals surface area contributed by atoms with E-state index in [1.807, 2.05) is 24.5 Å². The fraction of sp³-hybridized carbons (Fsp3) is 0.417. The van der Waals surface area contributed by atoms with Crippen molar-refractivity contribution in [3.8, 4) is 0 Å². The van der Waals surface area contributed by atoms with Crippen LogP contribution in [-0.2, 0) is 9.59 Å². The molecule has 3 heterocycles. The van der Waals surface area contributed by atoms with Gasteiger partial charge in [-0.2, -0.15) is 0 Å². The zero-order valence-electron chi connectivity index (χ0n) is 10.1. The van der Waals surface area contributed by atoms with Gasteiger partial charge in [0.1, 0.15) is 11.0 Å². The Morgan fingerprint density at radius 1 is 1.68 bits per heavy atom. The highest BCUT2D eigenvalue weighted by molar-refractivity contribution is 8.01. The van der Waals surface area contributed by atoms with Crippen LogP contribution in [0.15, 0.2) is 17.7 Å². The normalized spacial score (nSPS) is 33.5. The number of amides is 1. The van der Waals surface area contributed by atoms with Crippen molar-refractivity contribution in [2.75, 3.05) is 0 Å². The Balaban J connectivity index is 1.89. The van der Waals surface area contributed by atoms with Gasteiger partial charge in [-0.15, -0.1) is 23.1 Å². The molecule has 3 atom stereocenters. The van der Waals surface area contributed by atoms with Crippen LogP contribution in [0.25, 0.3) is 6.08 Å². The fourth-order valence-corrected chi connectivity index (χ4v) is 4.68. The Morgan fingerprint density at radius 2 is 2.47 bits per heavy atom. The second-order valence-corrected chi connectivity index (χ2v) is 7.29. The van der Waals surface area contributed by atoms with Crippen LogP contribution in [0.1, 0.15) is 18.4 Å². The molecule has 1 aromatic heterocycles. The Morgan fingerprint density at radius 3 is 3.05 bits per heavy atom. The smallest absolute Gasteiger partial charge is 0.328 e. The average molecular weight is 296 g/mol. The number of aliphatic carboxylic acids is 1. The summed E-state index contributed by atoms with van der Waals surface area (Å²) in [6.45, 7) is 1.87. The number of aromatic nitrogens is 1. The molecule has 0 spiro atoms. The number of thiazole rings is 1. The Hall–Kier alpha value is -1.34. The highest BCUT2D eigenvalue weighted by Crippen LogP contribution is 2.51. The van der Waals surface area contributed by atoms with Crippen molar-refractivity contribution in [1.82, 2.24) is 9.88 Å². The third-order valence-electron chi connectivity index (χ3n) is 3.40. The van der Waals surface area contributed by atoms with Crippen LogP contribution in [0.5, 0.6) is 0 Å². The summed E-state index contributed by atoms with van der Waals surface area (Å²) in [6.07, 6.45) is 5.85. The van der Waals surface area contributed by atoms with Crippen molar-refractivity contribution in [3.63, 3.8) is 0 Å². The van der Waals surface area contributed by atoms with Crippen molar-refractivity contribution in [1.29, 1.82) is 0 Å². The average Bonchev–Trinajstić information content (AvgIpc) is 2.92. The Labute approximate surface area is 118 Å². The molecule has 1 N–H and O–H groups in total. The van der Waals surface area contributed by atoms with Crippen LogP contribution in [0.3, 0.4) is 0 Å². The second kappa shape index (κ2) is 4.35. The molecule has 0 aliphatic carbocycles. The second-order valence-electron chi connectivity index (χ2n) is 4.71. The zero-order chi connectivity index (χ0) is 13.6. The van der Waals surface area contributed by atoms with Crippen molar-refractivity contribution >= 4 is 41.1 Å². The lowest BCUT2D eigenvalue weighted by molar-refractivity contribution is -0.156. The third-order valence-corrected chi connectivity index (χ3v) is 5.67. The van der Waals surface area contributed by atoms with E-state index in [-0.39, 0.29) is 11.3 Å². The molecule has 7 heteroatoms. The number of rotatable bonds is 3. The maximum atomic E-state index is 11.6. The van der Waals surface area contributed by atoms with Gasteiger partial charge in [-0.25, -0.2) is 9.78 Å². The molecule has 2 aliphatic heterocycles. The highest BCUT2D eigenvalue weighted by atomic mass is 32.2. The topological polar surface area (TPSA) is 70.5 Å². The van der Waals surface area contributed by atoms with Gasteiger partial charge in [0.05, 0.1) is 16.5 Å². The molecule has 2 saturated heterocycles. The summed E-state index contributed by atoms with van der Waals surface area (Å²) in [7, 11) is 0. The fourth-order valence-electron chi connectivity index (χ4n) is 2.49. The predicted molar refractivity (Wildman–Crippen MR) is 73.8 cm³/mol. The van der Waals surface area contributed by atoms with Crippen molar-refractivity contribution < 1.29 is 14.7 Å². The van der Waals surface area contributed by atoms with Crippen LogP contribution < -0.4 is 0 Å². The van der Waals surface area contributed by atoms with E-state index in [1.165, 1.54) is 28.0 Å². The van der Waals surface area contributed by atoms with Crippen molar-refractivity contribution in [3.05, 3.63) is 22.7 Å². The molecule has 0 unspecified atom stereocenters. The largest absolute Gasteiger partial charge is 0.480 e. The van der Waals surface area contributed by atoms with Gasteiger partial charge in [0, 0.05) is 11.6 Å². The van der Waals surface area contributed by atoms with Gasteiger partial charge < -0.3 is 10.0 Å². The number of carbonyl (C=O) groups excluding carboxylic acids is 1. The number of carbonyl (C=O) groups is 2. The van der Waals surface area contributed by atoms with Crippen LogP contribution in [0.4, 0.5) is 0 Å². The Kier molecular flexibility index (Phi) is 2.90. The summed E-state index contributed by atoms with van der Waals surface area (Å²) in [5.74, 6) is -1.02. The molecule has 0 radical (unpaired) electrons. The summed E-state index contributed by atoms with van der Waals surface area (Å²) < 4.78 is -0.603. The van der Waals surface area contributed by atoms with E-state index in [4.69, 9.17) is 0 Å². The maximum Gasteiger partial charge on any atom is 0.328 e. The van der Waals surface area contributed by atoms with Crippen LogP contribution >= 0.6 is 23.1 Å². The van der Waals surface area contributed by atoms with Crippen molar-refractivity contribution in [2.24, 2.45) is 0 Å². The first-order chi connectivity index (χ1) is 9.01. The van der Waals surface area contributed by atoms with Gasteiger partial charge in [0.2, 0.25) is 5.91 Å². The summed E-state index contributed by atoms with van der Waals surface area (Å²) in [6, 6.07) is -0.792. The molecule has 2 fully saturated rings. The number of carboxylic acids is 1. The molecule has 1 amide bonds. The maximum absolute atomic E-state index is 11.6. The highest BCUT2D eigenvalue weighted by Gasteiger charge is 2.59. The minimum Gasteiger partial charge on any atom is -0.480 e. The van der Waals surface area contributed by atoms with Gasteiger partial charge in [0.15, 0.2) is 0 Å². The number of nitrogens with zero attached hydrogens (tertiary/aromatic N) is 2. The van der Waals surface area contributed by atoms with E-state index in [0.29, 0.717) is 6.42 Å². The molecule has 5 nitrogen and oxygen atoms in total. The minimum absolute atomic E-state index is 0.000421. The van der Waals surface area contributed by atoms with E-state index in [0.717, 1.165) is 5.01 Å². The van der Waals surface area contributed by atoms with E-state index in [9.17, 15) is 14.7 Å². The zero-order valence-corrected chi connectivity index (χ0v) is 11.8. The molecule has 0 saturated carbocycles. The summed E-state index contributed by atoms with van der Waals surface area (Å²) in [4.78, 5) is 28.6. The van der Waals surface area contributed by atoms with Gasteiger partial charge in [-0.3, -0.25) is 4.79 Å². The summed E-state index contributed by atoms with van der Waals surface area (Å²) in [5, 5.41) is 12.1. The lowest BCUT2D eigenvalue weighted by atomic mass is 9.96. The minimum atomic E-state index is -0.950. The number of fused-ring (bicyclic) bond motifs is 1. The van der Waals surface area contributed by atoms with E-state index in [1.54, 1.807) is 6.20 Å². The quantitative estimate of drug-likeness (QED) is 0.859. The first-order valence-electron chi connectivity index (χ1n) is 5.82. The molecular formula is C12H12N2O3S2. The Bertz CT molecular complexity index is 557. The molecule has 3 rings (SSSR count).